The average Bonchev–Trinajstić information content (AvgIpc) is 2.35. The Labute approximate surface area is 102 Å². The second-order valence-corrected chi connectivity index (χ2v) is 3.85. The van der Waals surface area contributed by atoms with Gasteiger partial charge in [0.15, 0.2) is 5.78 Å². The molecule has 2 aromatic rings. The van der Waals surface area contributed by atoms with Gasteiger partial charge in [-0.3, -0.25) is 9.78 Å². The van der Waals surface area contributed by atoms with Crippen LogP contribution in [0.1, 0.15) is 16.1 Å². The lowest BCUT2D eigenvalue weighted by molar-refractivity contribution is 0.0988. The van der Waals surface area contributed by atoms with Crippen molar-refractivity contribution in [2.45, 2.75) is 6.42 Å². The topological polar surface area (TPSA) is 42.9 Å². The lowest BCUT2D eigenvalue weighted by Gasteiger charge is -2.01. The Balaban J connectivity index is 2.16. The smallest absolute Gasteiger partial charge is 0.187 e. The number of rotatable bonds is 3. The summed E-state index contributed by atoms with van der Waals surface area (Å²) in [6.45, 7) is 0. The van der Waals surface area contributed by atoms with Crippen LogP contribution in [-0.4, -0.2) is 15.8 Å². The monoisotopic (exact) mass is 250 g/mol. The molecule has 86 valence electrons. The summed E-state index contributed by atoms with van der Waals surface area (Å²) in [5.41, 5.74) is 0.824. The van der Waals surface area contributed by atoms with E-state index in [0.717, 1.165) is 0 Å². The van der Waals surface area contributed by atoms with Gasteiger partial charge in [0.2, 0.25) is 0 Å². The molecule has 0 bridgehead atoms. The SMILES string of the molecule is O=C(Cc1ccc(Cl)c(F)c1)c1cnccn1. The molecule has 0 N–H and O–H groups in total. The van der Waals surface area contributed by atoms with Gasteiger partial charge in [-0.25, -0.2) is 9.37 Å². The molecule has 0 saturated carbocycles. The molecule has 0 aliphatic heterocycles. The van der Waals surface area contributed by atoms with Crippen molar-refractivity contribution in [3.8, 4) is 0 Å². The molecular formula is C12H8ClFN2O. The first-order valence-corrected chi connectivity index (χ1v) is 5.28. The predicted molar refractivity (Wildman–Crippen MR) is 61.5 cm³/mol. The molecule has 3 nitrogen and oxygen atoms in total. The van der Waals surface area contributed by atoms with E-state index >= 15 is 0 Å². The molecule has 1 heterocycles. The fraction of sp³-hybridized carbons (Fsp3) is 0.0833. The molecule has 0 aliphatic rings. The van der Waals surface area contributed by atoms with Crippen LogP contribution in [0, 0.1) is 5.82 Å². The third kappa shape index (κ3) is 2.85. The number of ketones is 1. The Bertz CT molecular complexity index is 545. The van der Waals surface area contributed by atoms with Gasteiger partial charge in [-0.05, 0) is 17.7 Å². The third-order valence-electron chi connectivity index (χ3n) is 2.20. The van der Waals surface area contributed by atoms with E-state index in [2.05, 4.69) is 9.97 Å². The van der Waals surface area contributed by atoms with Crippen molar-refractivity contribution in [3.05, 3.63) is 58.9 Å². The van der Waals surface area contributed by atoms with Gasteiger partial charge in [-0.1, -0.05) is 17.7 Å². The fourth-order valence-corrected chi connectivity index (χ4v) is 1.49. The highest BCUT2D eigenvalue weighted by Crippen LogP contribution is 2.16. The number of carbonyl (C=O) groups excluding carboxylic acids is 1. The van der Waals surface area contributed by atoms with Gasteiger partial charge in [-0.15, -0.1) is 0 Å². The van der Waals surface area contributed by atoms with Crippen molar-refractivity contribution in [3.63, 3.8) is 0 Å². The van der Waals surface area contributed by atoms with Crippen molar-refractivity contribution in [1.82, 2.24) is 9.97 Å². The molecule has 0 saturated heterocycles. The van der Waals surface area contributed by atoms with Crippen LogP contribution in [-0.2, 0) is 6.42 Å². The van der Waals surface area contributed by atoms with Crippen LogP contribution in [0.5, 0.6) is 0 Å². The molecule has 0 amide bonds. The summed E-state index contributed by atoms with van der Waals surface area (Å²) in [5, 5.41) is 0.0423. The maximum absolute atomic E-state index is 13.2. The van der Waals surface area contributed by atoms with Gasteiger partial charge < -0.3 is 0 Å². The minimum atomic E-state index is -0.531. The van der Waals surface area contributed by atoms with Gasteiger partial charge in [-0.2, -0.15) is 0 Å². The van der Waals surface area contributed by atoms with Crippen LogP contribution < -0.4 is 0 Å². The predicted octanol–water partition coefficient (Wildman–Crippen LogP) is 2.69. The standard InChI is InChI=1S/C12H8ClFN2O/c13-9-2-1-8(5-10(9)14)6-12(17)11-7-15-3-4-16-11/h1-5,7H,6H2. The normalized spacial score (nSPS) is 10.2. The molecule has 0 aliphatic carbocycles. The van der Waals surface area contributed by atoms with E-state index in [1.165, 1.54) is 30.7 Å². The van der Waals surface area contributed by atoms with Crippen LogP contribution in [0.4, 0.5) is 4.39 Å². The second kappa shape index (κ2) is 5.01. The highest BCUT2D eigenvalue weighted by molar-refractivity contribution is 6.30. The molecule has 1 aromatic carbocycles. The Hall–Kier alpha value is -1.81. The third-order valence-corrected chi connectivity index (χ3v) is 2.50. The number of carbonyl (C=O) groups is 1. The Morgan fingerprint density at radius 1 is 1.35 bits per heavy atom. The highest BCUT2D eigenvalue weighted by atomic mass is 35.5. The molecule has 17 heavy (non-hydrogen) atoms. The van der Waals surface area contributed by atoms with Gasteiger partial charge in [0.25, 0.3) is 0 Å². The van der Waals surface area contributed by atoms with Crippen LogP contribution >= 0.6 is 11.6 Å². The molecule has 0 unspecified atom stereocenters. The second-order valence-electron chi connectivity index (χ2n) is 3.44. The maximum Gasteiger partial charge on any atom is 0.187 e. The van der Waals surface area contributed by atoms with Crippen LogP contribution in [0.3, 0.4) is 0 Å². The number of Topliss-reactive ketones (excluding diaryl/α,β-unsaturated/α-hetero) is 1. The minimum absolute atomic E-state index is 0.0423. The zero-order chi connectivity index (χ0) is 12.3. The average molecular weight is 251 g/mol. The van der Waals surface area contributed by atoms with E-state index < -0.39 is 5.82 Å². The molecule has 0 radical (unpaired) electrons. The number of benzene rings is 1. The van der Waals surface area contributed by atoms with Crippen LogP contribution in [0.15, 0.2) is 36.8 Å². The first-order chi connectivity index (χ1) is 8.16. The van der Waals surface area contributed by atoms with Crippen LogP contribution in [0.2, 0.25) is 5.02 Å². The number of aromatic nitrogens is 2. The number of hydrogen-bond donors (Lipinski definition) is 0. The van der Waals surface area contributed by atoms with Crippen molar-refractivity contribution in [2.75, 3.05) is 0 Å². The number of hydrogen-bond acceptors (Lipinski definition) is 3. The Kier molecular flexibility index (Phi) is 3.44. The van der Waals surface area contributed by atoms with Crippen LogP contribution in [0.25, 0.3) is 0 Å². The minimum Gasteiger partial charge on any atom is -0.292 e. The summed E-state index contributed by atoms with van der Waals surface area (Å²) in [7, 11) is 0. The zero-order valence-electron chi connectivity index (χ0n) is 8.73. The van der Waals surface area contributed by atoms with Gasteiger partial charge >= 0.3 is 0 Å². The maximum atomic E-state index is 13.2. The summed E-state index contributed by atoms with van der Waals surface area (Å²) in [6.07, 6.45) is 4.38. The van der Waals surface area contributed by atoms with Gasteiger partial charge in [0.1, 0.15) is 11.5 Å². The molecule has 0 fully saturated rings. The van der Waals surface area contributed by atoms with Gasteiger partial charge in [0.05, 0.1) is 11.2 Å². The number of halogens is 2. The lowest BCUT2D eigenvalue weighted by atomic mass is 10.1. The van der Waals surface area contributed by atoms with Crippen molar-refractivity contribution >= 4 is 17.4 Å². The van der Waals surface area contributed by atoms with E-state index in [1.54, 1.807) is 6.07 Å². The summed E-state index contributed by atoms with van der Waals surface area (Å²) >= 11 is 5.55. The van der Waals surface area contributed by atoms with Gasteiger partial charge in [0, 0.05) is 18.8 Å². The molecule has 0 atom stereocenters. The zero-order valence-corrected chi connectivity index (χ0v) is 9.49. The Morgan fingerprint density at radius 3 is 2.82 bits per heavy atom. The first kappa shape index (κ1) is 11.7. The molecule has 1 aromatic heterocycles. The van der Waals surface area contributed by atoms with Crippen molar-refractivity contribution in [2.24, 2.45) is 0 Å². The Morgan fingerprint density at radius 2 is 2.18 bits per heavy atom. The summed E-state index contributed by atoms with van der Waals surface area (Å²) in [5.74, 6) is -0.740. The fourth-order valence-electron chi connectivity index (χ4n) is 1.37. The van der Waals surface area contributed by atoms with E-state index in [-0.39, 0.29) is 22.9 Å². The summed E-state index contributed by atoms with van der Waals surface area (Å²) in [4.78, 5) is 19.4. The summed E-state index contributed by atoms with van der Waals surface area (Å²) < 4.78 is 13.2. The molecule has 0 spiro atoms. The largest absolute Gasteiger partial charge is 0.292 e. The van der Waals surface area contributed by atoms with Crippen molar-refractivity contribution < 1.29 is 9.18 Å². The lowest BCUT2D eigenvalue weighted by Crippen LogP contribution is -2.06. The number of nitrogens with zero attached hydrogens (tertiary/aromatic N) is 2. The highest BCUT2D eigenvalue weighted by Gasteiger charge is 2.09. The molecule has 5 heteroatoms. The summed E-state index contributed by atoms with van der Waals surface area (Å²) in [6, 6.07) is 4.28. The molecule has 2 rings (SSSR count). The van der Waals surface area contributed by atoms with E-state index in [1.807, 2.05) is 0 Å². The van der Waals surface area contributed by atoms with Crippen molar-refractivity contribution in [1.29, 1.82) is 0 Å². The molecular weight excluding hydrogens is 243 g/mol. The van der Waals surface area contributed by atoms with E-state index in [9.17, 15) is 9.18 Å². The quantitative estimate of drug-likeness (QED) is 0.787. The first-order valence-electron chi connectivity index (χ1n) is 4.90. The van der Waals surface area contributed by atoms with E-state index in [4.69, 9.17) is 11.6 Å². The van der Waals surface area contributed by atoms with E-state index in [0.29, 0.717) is 5.56 Å².